The van der Waals surface area contributed by atoms with Crippen molar-refractivity contribution in [3.63, 3.8) is 0 Å². The van der Waals surface area contributed by atoms with Gasteiger partial charge in [-0.25, -0.2) is 5.84 Å². The van der Waals surface area contributed by atoms with Crippen molar-refractivity contribution in [2.45, 2.75) is 26.3 Å². The molecule has 1 rings (SSSR count). The standard InChI is InChI=1S/C12H25N7O/c1-8(2)6-9(7-19(3)4)14-10-15-11(18-13)17-12(16-10)20-5/h8-9H,6-7,13H2,1-5H3,(H2,14,15,16,17,18). The Morgan fingerprint density at radius 1 is 1.20 bits per heavy atom. The van der Waals surface area contributed by atoms with E-state index in [9.17, 15) is 0 Å². The maximum absolute atomic E-state index is 5.34. The average molecular weight is 283 g/mol. The molecule has 0 aliphatic carbocycles. The Kier molecular flexibility index (Phi) is 6.40. The van der Waals surface area contributed by atoms with Crippen molar-refractivity contribution in [2.75, 3.05) is 38.5 Å². The summed E-state index contributed by atoms with van der Waals surface area (Å²) in [7, 11) is 5.58. The number of nitrogens with two attached hydrogens (primary N) is 1. The summed E-state index contributed by atoms with van der Waals surface area (Å²) in [5.41, 5.74) is 2.40. The van der Waals surface area contributed by atoms with Gasteiger partial charge in [-0.3, -0.25) is 5.43 Å². The molecule has 0 bridgehead atoms. The predicted molar refractivity (Wildman–Crippen MR) is 79.6 cm³/mol. The minimum atomic E-state index is 0.226. The van der Waals surface area contributed by atoms with E-state index in [2.05, 4.69) is 44.4 Å². The first-order valence-corrected chi connectivity index (χ1v) is 6.62. The minimum Gasteiger partial charge on any atom is -0.467 e. The van der Waals surface area contributed by atoms with Gasteiger partial charge in [0.2, 0.25) is 11.9 Å². The fourth-order valence-electron chi connectivity index (χ4n) is 1.95. The molecule has 0 saturated carbocycles. The van der Waals surface area contributed by atoms with Gasteiger partial charge in [0.1, 0.15) is 0 Å². The molecule has 1 atom stereocenters. The maximum atomic E-state index is 5.34. The van der Waals surface area contributed by atoms with Crippen molar-refractivity contribution in [3.05, 3.63) is 0 Å². The first-order chi connectivity index (χ1) is 9.44. The number of nitrogen functional groups attached to an aromatic ring is 1. The van der Waals surface area contributed by atoms with E-state index in [1.54, 1.807) is 0 Å². The molecular weight excluding hydrogens is 258 g/mol. The monoisotopic (exact) mass is 283 g/mol. The summed E-state index contributed by atoms with van der Waals surface area (Å²) in [6.07, 6.45) is 1.01. The molecule has 1 unspecified atom stereocenters. The molecule has 1 aromatic rings. The van der Waals surface area contributed by atoms with Gasteiger partial charge in [0.15, 0.2) is 0 Å². The van der Waals surface area contributed by atoms with Crippen LogP contribution in [-0.4, -0.2) is 53.6 Å². The molecule has 0 spiro atoms. The molecule has 4 N–H and O–H groups in total. The van der Waals surface area contributed by atoms with E-state index < -0.39 is 0 Å². The van der Waals surface area contributed by atoms with Gasteiger partial charge < -0.3 is 15.0 Å². The molecule has 114 valence electrons. The zero-order chi connectivity index (χ0) is 15.1. The van der Waals surface area contributed by atoms with Crippen molar-refractivity contribution < 1.29 is 4.74 Å². The van der Waals surface area contributed by atoms with Gasteiger partial charge in [0.25, 0.3) is 0 Å². The lowest BCUT2D eigenvalue weighted by atomic mass is 10.0. The van der Waals surface area contributed by atoms with E-state index >= 15 is 0 Å². The minimum absolute atomic E-state index is 0.226. The summed E-state index contributed by atoms with van der Waals surface area (Å²) in [4.78, 5) is 14.5. The Hall–Kier alpha value is -1.67. The molecule has 0 amide bonds. The van der Waals surface area contributed by atoms with Crippen LogP contribution >= 0.6 is 0 Å². The quantitative estimate of drug-likeness (QED) is 0.470. The van der Waals surface area contributed by atoms with Crippen LogP contribution in [0.5, 0.6) is 6.01 Å². The SMILES string of the molecule is COc1nc(NN)nc(NC(CC(C)C)CN(C)C)n1. The normalized spacial score (nSPS) is 12.6. The smallest absolute Gasteiger partial charge is 0.322 e. The van der Waals surface area contributed by atoms with Gasteiger partial charge in [0.05, 0.1) is 7.11 Å². The third-order valence-corrected chi connectivity index (χ3v) is 2.60. The molecular formula is C12H25N7O. The second-order valence-electron chi connectivity index (χ2n) is 5.35. The van der Waals surface area contributed by atoms with E-state index in [4.69, 9.17) is 10.6 Å². The van der Waals surface area contributed by atoms with Crippen LogP contribution in [0, 0.1) is 5.92 Å². The van der Waals surface area contributed by atoms with Gasteiger partial charge in [-0.15, -0.1) is 0 Å². The van der Waals surface area contributed by atoms with Gasteiger partial charge in [0, 0.05) is 12.6 Å². The molecule has 1 heterocycles. The Balaban J connectivity index is 2.85. The van der Waals surface area contributed by atoms with Gasteiger partial charge in [-0.2, -0.15) is 15.0 Å². The summed E-state index contributed by atoms with van der Waals surface area (Å²) in [6, 6.07) is 0.464. The number of nitrogens with zero attached hydrogens (tertiary/aromatic N) is 4. The van der Waals surface area contributed by atoms with E-state index in [1.165, 1.54) is 7.11 Å². The van der Waals surface area contributed by atoms with Gasteiger partial charge >= 0.3 is 6.01 Å². The summed E-state index contributed by atoms with van der Waals surface area (Å²) in [6.45, 7) is 5.26. The third kappa shape index (κ3) is 5.54. The van der Waals surface area contributed by atoms with Crippen LogP contribution in [-0.2, 0) is 0 Å². The number of hydrogen-bond acceptors (Lipinski definition) is 8. The van der Waals surface area contributed by atoms with Crippen molar-refractivity contribution in [1.29, 1.82) is 0 Å². The molecule has 1 aromatic heterocycles. The predicted octanol–water partition coefficient (Wildman–Crippen LogP) is 0.554. The van der Waals surface area contributed by atoms with Crippen LogP contribution < -0.4 is 21.3 Å². The van der Waals surface area contributed by atoms with E-state index in [-0.39, 0.29) is 18.0 Å². The van der Waals surface area contributed by atoms with E-state index in [1.807, 2.05) is 14.1 Å². The Morgan fingerprint density at radius 3 is 2.35 bits per heavy atom. The highest BCUT2D eigenvalue weighted by Crippen LogP contribution is 2.14. The molecule has 0 saturated heterocycles. The first-order valence-electron chi connectivity index (χ1n) is 6.62. The zero-order valence-corrected chi connectivity index (χ0v) is 12.8. The third-order valence-electron chi connectivity index (χ3n) is 2.60. The molecule has 0 aliphatic rings. The Bertz CT molecular complexity index is 379. The first kappa shape index (κ1) is 16.4. The number of methoxy groups -OCH3 is 1. The van der Waals surface area contributed by atoms with E-state index in [0.29, 0.717) is 11.9 Å². The second-order valence-corrected chi connectivity index (χ2v) is 5.35. The highest BCUT2D eigenvalue weighted by atomic mass is 16.5. The molecule has 0 fully saturated rings. The van der Waals surface area contributed by atoms with Crippen LogP contribution in [0.2, 0.25) is 0 Å². The van der Waals surface area contributed by atoms with Crippen LogP contribution in [0.15, 0.2) is 0 Å². The fourth-order valence-corrected chi connectivity index (χ4v) is 1.95. The number of likely N-dealkylation sites (N-methyl/N-ethyl adjacent to an activating group) is 1. The zero-order valence-electron chi connectivity index (χ0n) is 12.8. The van der Waals surface area contributed by atoms with Gasteiger partial charge in [-0.1, -0.05) is 13.8 Å². The lowest BCUT2D eigenvalue weighted by Crippen LogP contribution is -2.34. The van der Waals surface area contributed by atoms with Crippen LogP contribution in [0.1, 0.15) is 20.3 Å². The number of rotatable bonds is 8. The summed E-state index contributed by atoms with van der Waals surface area (Å²) >= 11 is 0. The fraction of sp³-hybridized carbons (Fsp3) is 0.750. The van der Waals surface area contributed by atoms with Crippen LogP contribution in [0.4, 0.5) is 11.9 Å². The lowest BCUT2D eigenvalue weighted by Gasteiger charge is -2.24. The van der Waals surface area contributed by atoms with Crippen molar-refractivity contribution in [2.24, 2.45) is 11.8 Å². The number of ether oxygens (including phenoxy) is 1. The summed E-state index contributed by atoms with van der Waals surface area (Å²) < 4.78 is 5.03. The molecule has 0 aliphatic heterocycles. The van der Waals surface area contributed by atoms with Crippen molar-refractivity contribution in [3.8, 4) is 6.01 Å². The molecule has 20 heavy (non-hydrogen) atoms. The van der Waals surface area contributed by atoms with Gasteiger partial charge in [-0.05, 0) is 26.4 Å². The lowest BCUT2D eigenvalue weighted by molar-refractivity contribution is 0.354. The molecule has 0 aromatic carbocycles. The van der Waals surface area contributed by atoms with E-state index in [0.717, 1.165) is 13.0 Å². The number of hydrazine groups is 1. The topological polar surface area (TPSA) is 101 Å². The number of anilines is 2. The van der Waals surface area contributed by atoms with Crippen LogP contribution in [0.25, 0.3) is 0 Å². The number of aromatic nitrogens is 3. The van der Waals surface area contributed by atoms with Crippen molar-refractivity contribution in [1.82, 2.24) is 19.9 Å². The molecule has 8 nitrogen and oxygen atoms in total. The number of nitrogens with one attached hydrogen (secondary N) is 2. The summed E-state index contributed by atoms with van der Waals surface area (Å²) in [5, 5.41) is 3.31. The second kappa shape index (κ2) is 7.81. The largest absolute Gasteiger partial charge is 0.467 e. The highest BCUT2D eigenvalue weighted by Gasteiger charge is 2.15. The molecule has 0 radical (unpaired) electrons. The molecule has 8 heteroatoms. The average Bonchev–Trinajstić information content (AvgIpc) is 2.36. The van der Waals surface area contributed by atoms with Crippen molar-refractivity contribution >= 4 is 11.9 Å². The number of hydrogen-bond donors (Lipinski definition) is 3. The Labute approximate surface area is 120 Å². The summed E-state index contributed by atoms with van der Waals surface area (Å²) in [5.74, 6) is 6.64. The highest BCUT2D eigenvalue weighted by molar-refractivity contribution is 5.35. The Morgan fingerprint density at radius 2 is 1.85 bits per heavy atom. The van der Waals surface area contributed by atoms with Crippen LogP contribution in [0.3, 0.4) is 0 Å². The maximum Gasteiger partial charge on any atom is 0.322 e.